The number of hydrogen-bond donors (Lipinski definition) is 2. The van der Waals surface area contributed by atoms with Gasteiger partial charge in [0.05, 0.1) is 18.3 Å². The van der Waals surface area contributed by atoms with Gasteiger partial charge in [-0.3, -0.25) is 0 Å². The number of anilines is 1. The molecule has 2 N–H and O–H groups in total. The highest BCUT2D eigenvalue weighted by Gasteiger charge is 2.14. The molecule has 0 aromatic heterocycles. The number of benzene rings is 2. The summed E-state index contributed by atoms with van der Waals surface area (Å²) in [6, 6.07) is 12.2. The lowest BCUT2D eigenvalue weighted by atomic mass is 9.99. The van der Waals surface area contributed by atoms with Crippen molar-refractivity contribution < 1.29 is 9.50 Å². The zero-order chi connectivity index (χ0) is 13.8. The summed E-state index contributed by atoms with van der Waals surface area (Å²) in [5.74, 6) is -0.314. The minimum atomic E-state index is -0.314. The van der Waals surface area contributed by atoms with E-state index in [0.717, 1.165) is 16.7 Å². The molecule has 0 saturated heterocycles. The number of aryl methyl sites for hydroxylation is 2. The van der Waals surface area contributed by atoms with E-state index >= 15 is 0 Å². The number of para-hydroxylation sites is 1. The van der Waals surface area contributed by atoms with Crippen molar-refractivity contribution >= 4 is 5.69 Å². The first-order valence-corrected chi connectivity index (χ1v) is 6.31. The van der Waals surface area contributed by atoms with Crippen LogP contribution < -0.4 is 5.32 Å². The number of aliphatic hydroxyl groups is 1. The van der Waals surface area contributed by atoms with E-state index in [0.29, 0.717) is 5.69 Å². The largest absolute Gasteiger partial charge is 0.394 e. The quantitative estimate of drug-likeness (QED) is 0.879. The third-order valence-electron chi connectivity index (χ3n) is 3.20. The number of halogens is 1. The number of hydrogen-bond acceptors (Lipinski definition) is 2. The Morgan fingerprint density at radius 3 is 2.58 bits per heavy atom. The fourth-order valence-corrected chi connectivity index (χ4v) is 2.12. The van der Waals surface area contributed by atoms with Crippen LogP contribution in [-0.4, -0.2) is 11.7 Å². The van der Waals surface area contributed by atoms with Gasteiger partial charge in [-0.15, -0.1) is 0 Å². The summed E-state index contributed by atoms with van der Waals surface area (Å²) in [7, 11) is 0. The predicted octanol–water partition coefficient (Wildman–Crippen LogP) is 3.59. The highest BCUT2D eigenvalue weighted by molar-refractivity contribution is 5.48. The Hall–Kier alpha value is -1.87. The smallest absolute Gasteiger partial charge is 0.146 e. The average Bonchev–Trinajstić information content (AvgIpc) is 2.41. The zero-order valence-electron chi connectivity index (χ0n) is 11.2. The highest BCUT2D eigenvalue weighted by Crippen LogP contribution is 2.24. The molecule has 100 valence electrons. The SMILES string of the molecule is Cc1ccc(C)c(C(CO)Nc2ccccc2F)c1. The molecule has 1 atom stereocenters. The van der Waals surface area contributed by atoms with Gasteiger partial charge in [0.25, 0.3) is 0 Å². The molecule has 2 aromatic carbocycles. The van der Waals surface area contributed by atoms with Crippen LogP contribution >= 0.6 is 0 Å². The molecule has 1 unspecified atom stereocenters. The Bertz CT molecular complexity index is 568. The highest BCUT2D eigenvalue weighted by atomic mass is 19.1. The van der Waals surface area contributed by atoms with E-state index in [1.54, 1.807) is 18.2 Å². The Labute approximate surface area is 112 Å². The molecule has 0 bridgehead atoms. The van der Waals surface area contributed by atoms with Gasteiger partial charge in [-0.25, -0.2) is 4.39 Å². The van der Waals surface area contributed by atoms with Crippen LogP contribution in [0.2, 0.25) is 0 Å². The standard InChI is InChI=1S/C16H18FNO/c1-11-7-8-12(2)13(9-11)16(10-19)18-15-6-4-3-5-14(15)17/h3-9,16,18-19H,10H2,1-2H3. The lowest BCUT2D eigenvalue weighted by Gasteiger charge is -2.21. The summed E-state index contributed by atoms with van der Waals surface area (Å²) in [4.78, 5) is 0. The second-order valence-electron chi connectivity index (χ2n) is 4.72. The summed E-state index contributed by atoms with van der Waals surface area (Å²) in [6.45, 7) is 3.90. The van der Waals surface area contributed by atoms with E-state index in [-0.39, 0.29) is 18.5 Å². The van der Waals surface area contributed by atoms with Gasteiger partial charge in [-0.1, -0.05) is 35.9 Å². The summed E-state index contributed by atoms with van der Waals surface area (Å²) < 4.78 is 13.6. The molecule has 0 radical (unpaired) electrons. The van der Waals surface area contributed by atoms with Crippen molar-refractivity contribution in [1.29, 1.82) is 0 Å². The second kappa shape index (κ2) is 5.85. The topological polar surface area (TPSA) is 32.3 Å². The Kier molecular flexibility index (Phi) is 4.17. The molecule has 3 heteroatoms. The van der Waals surface area contributed by atoms with E-state index in [1.807, 2.05) is 32.0 Å². The van der Waals surface area contributed by atoms with Crippen LogP contribution in [0.15, 0.2) is 42.5 Å². The summed E-state index contributed by atoms with van der Waals surface area (Å²) >= 11 is 0. The molecule has 0 heterocycles. The van der Waals surface area contributed by atoms with Gasteiger partial charge in [0.15, 0.2) is 0 Å². The Morgan fingerprint density at radius 2 is 1.89 bits per heavy atom. The van der Waals surface area contributed by atoms with Gasteiger partial charge < -0.3 is 10.4 Å². The molecule has 2 rings (SSSR count). The molecule has 0 fully saturated rings. The van der Waals surface area contributed by atoms with E-state index in [1.165, 1.54) is 6.07 Å². The number of nitrogens with one attached hydrogen (secondary N) is 1. The average molecular weight is 259 g/mol. The zero-order valence-corrected chi connectivity index (χ0v) is 11.2. The molecule has 0 aliphatic heterocycles. The van der Waals surface area contributed by atoms with E-state index in [2.05, 4.69) is 5.32 Å². The molecule has 0 amide bonds. The van der Waals surface area contributed by atoms with Gasteiger partial charge in [0.2, 0.25) is 0 Å². The van der Waals surface area contributed by atoms with Crippen molar-refractivity contribution in [3.05, 3.63) is 65.0 Å². The Morgan fingerprint density at radius 1 is 1.16 bits per heavy atom. The fourth-order valence-electron chi connectivity index (χ4n) is 2.12. The van der Waals surface area contributed by atoms with Crippen LogP contribution in [0.25, 0.3) is 0 Å². The predicted molar refractivity (Wildman–Crippen MR) is 75.8 cm³/mol. The fraction of sp³-hybridized carbons (Fsp3) is 0.250. The van der Waals surface area contributed by atoms with Crippen LogP contribution in [0.1, 0.15) is 22.7 Å². The molecule has 2 aromatic rings. The first-order chi connectivity index (χ1) is 9.11. The van der Waals surface area contributed by atoms with Gasteiger partial charge in [0, 0.05) is 0 Å². The lowest BCUT2D eigenvalue weighted by Crippen LogP contribution is -2.17. The molecule has 19 heavy (non-hydrogen) atoms. The van der Waals surface area contributed by atoms with Crippen molar-refractivity contribution in [1.82, 2.24) is 0 Å². The molecule has 0 aliphatic rings. The van der Waals surface area contributed by atoms with Crippen molar-refractivity contribution in [3.8, 4) is 0 Å². The van der Waals surface area contributed by atoms with E-state index < -0.39 is 0 Å². The minimum Gasteiger partial charge on any atom is -0.394 e. The van der Waals surface area contributed by atoms with Crippen LogP contribution in [0.5, 0.6) is 0 Å². The van der Waals surface area contributed by atoms with Gasteiger partial charge in [-0.2, -0.15) is 0 Å². The molecule has 0 saturated carbocycles. The molecular weight excluding hydrogens is 241 g/mol. The van der Waals surface area contributed by atoms with Gasteiger partial charge in [0.1, 0.15) is 5.82 Å². The summed E-state index contributed by atoms with van der Waals surface area (Å²) in [6.07, 6.45) is 0. The number of rotatable bonds is 4. The second-order valence-corrected chi connectivity index (χ2v) is 4.72. The first kappa shape index (κ1) is 13.6. The Balaban J connectivity index is 2.30. The summed E-state index contributed by atoms with van der Waals surface area (Å²) in [5.41, 5.74) is 3.59. The lowest BCUT2D eigenvalue weighted by molar-refractivity contribution is 0.275. The molecule has 2 nitrogen and oxygen atoms in total. The van der Waals surface area contributed by atoms with Crippen LogP contribution in [0, 0.1) is 19.7 Å². The van der Waals surface area contributed by atoms with Crippen LogP contribution in [0.4, 0.5) is 10.1 Å². The molecule has 0 spiro atoms. The van der Waals surface area contributed by atoms with Crippen molar-refractivity contribution in [2.75, 3.05) is 11.9 Å². The third kappa shape index (κ3) is 3.12. The normalized spacial score (nSPS) is 12.2. The van der Waals surface area contributed by atoms with Gasteiger partial charge in [-0.05, 0) is 37.1 Å². The number of aliphatic hydroxyl groups excluding tert-OH is 1. The maximum Gasteiger partial charge on any atom is 0.146 e. The first-order valence-electron chi connectivity index (χ1n) is 6.31. The summed E-state index contributed by atoms with van der Waals surface area (Å²) in [5, 5.41) is 12.6. The van der Waals surface area contributed by atoms with Crippen LogP contribution in [0.3, 0.4) is 0 Å². The van der Waals surface area contributed by atoms with Crippen molar-refractivity contribution in [2.45, 2.75) is 19.9 Å². The maximum atomic E-state index is 13.6. The molecular formula is C16H18FNO. The minimum absolute atomic E-state index is 0.0847. The molecule has 0 aliphatic carbocycles. The van der Waals surface area contributed by atoms with E-state index in [9.17, 15) is 9.50 Å². The van der Waals surface area contributed by atoms with Crippen LogP contribution in [-0.2, 0) is 0 Å². The maximum absolute atomic E-state index is 13.6. The third-order valence-corrected chi connectivity index (χ3v) is 3.20. The van der Waals surface area contributed by atoms with Crippen molar-refractivity contribution in [2.24, 2.45) is 0 Å². The van der Waals surface area contributed by atoms with Gasteiger partial charge >= 0.3 is 0 Å². The van der Waals surface area contributed by atoms with E-state index in [4.69, 9.17) is 0 Å². The monoisotopic (exact) mass is 259 g/mol. The van der Waals surface area contributed by atoms with Crippen molar-refractivity contribution in [3.63, 3.8) is 0 Å².